The van der Waals surface area contributed by atoms with E-state index in [1.807, 2.05) is 32.0 Å². The van der Waals surface area contributed by atoms with Crippen molar-refractivity contribution in [3.8, 4) is 6.07 Å². The third kappa shape index (κ3) is 3.99. The molecule has 6 nitrogen and oxygen atoms in total. The number of halogens is 1. The number of aryl methyl sites for hydroxylation is 2. The van der Waals surface area contributed by atoms with Crippen molar-refractivity contribution < 1.29 is 14.3 Å². The van der Waals surface area contributed by atoms with Gasteiger partial charge in [0, 0.05) is 10.9 Å². The number of carbonyl (C=O) groups excluding carboxylic acids is 1. The largest absolute Gasteiger partial charge is 0.456 e. The van der Waals surface area contributed by atoms with Gasteiger partial charge in [0.05, 0.1) is 17.0 Å². The Balaban J connectivity index is 2.28. The van der Waals surface area contributed by atoms with E-state index in [-0.39, 0.29) is 27.9 Å². The van der Waals surface area contributed by atoms with E-state index >= 15 is 0 Å². The topological polar surface area (TPSA) is 98.2 Å². The molecule has 30 heavy (non-hydrogen) atoms. The summed E-state index contributed by atoms with van der Waals surface area (Å²) in [5, 5.41) is 10.8. The lowest BCUT2D eigenvalue weighted by atomic mass is 9.83. The summed E-state index contributed by atoms with van der Waals surface area (Å²) in [6, 6.07) is 7.93. The molecule has 3 rings (SSSR count). The Hall–Kier alpha value is -3.04. The van der Waals surface area contributed by atoms with Crippen molar-refractivity contribution in [2.45, 2.75) is 53.1 Å². The molecule has 2 N–H and O–H groups in total. The van der Waals surface area contributed by atoms with Gasteiger partial charge >= 0.3 is 5.97 Å². The lowest BCUT2D eigenvalue weighted by molar-refractivity contribution is -0.150. The van der Waals surface area contributed by atoms with Crippen LogP contribution in [0.4, 0.5) is 0 Å². The normalized spacial score (nSPS) is 17.1. The van der Waals surface area contributed by atoms with Gasteiger partial charge in [-0.3, -0.25) is 0 Å². The molecule has 1 atom stereocenters. The number of allylic oxidation sites excluding steroid dienone is 2. The first-order chi connectivity index (χ1) is 13.9. The van der Waals surface area contributed by atoms with Crippen LogP contribution in [-0.4, -0.2) is 16.6 Å². The molecule has 1 aromatic heterocycles. The van der Waals surface area contributed by atoms with Gasteiger partial charge in [0.2, 0.25) is 5.88 Å². The first-order valence-electron chi connectivity index (χ1n) is 9.52. The Morgan fingerprint density at radius 1 is 1.27 bits per heavy atom. The number of aromatic nitrogens is 1. The predicted molar refractivity (Wildman–Crippen MR) is 115 cm³/mol. The highest BCUT2D eigenvalue weighted by Gasteiger charge is 2.39. The summed E-state index contributed by atoms with van der Waals surface area (Å²) in [5.41, 5.74) is 8.85. The number of esters is 1. The van der Waals surface area contributed by atoms with Crippen molar-refractivity contribution in [2.75, 3.05) is 0 Å². The molecule has 1 aromatic carbocycles. The molecule has 1 aliphatic rings. The maximum Gasteiger partial charge on any atom is 0.338 e. The van der Waals surface area contributed by atoms with E-state index in [0.717, 1.165) is 22.0 Å². The fourth-order valence-electron chi connectivity index (χ4n) is 3.64. The molecule has 7 heteroatoms. The second kappa shape index (κ2) is 7.66. The van der Waals surface area contributed by atoms with Gasteiger partial charge in [-0.25, -0.2) is 9.78 Å². The van der Waals surface area contributed by atoms with Crippen LogP contribution in [0.3, 0.4) is 0 Å². The minimum absolute atomic E-state index is 0.0658. The molecule has 0 saturated carbocycles. The highest BCUT2D eigenvalue weighted by Crippen LogP contribution is 2.43. The zero-order valence-corrected chi connectivity index (χ0v) is 18.6. The Morgan fingerprint density at radius 2 is 1.93 bits per heavy atom. The Morgan fingerprint density at radius 3 is 2.53 bits per heavy atom. The first kappa shape index (κ1) is 21.7. The van der Waals surface area contributed by atoms with Crippen molar-refractivity contribution in [1.29, 1.82) is 5.26 Å². The summed E-state index contributed by atoms with van der Waals surface area (Å²) in [6.07, 6.45) is 0. The summed E-state index contributed by atoms with van der Waals surface area (Å²) in [4.78, 5) is 17.6. The number of benzene rings is 1. The second-order valence-electron chi connectivity index (χ2n) is 8.42. The van der Waals surface area contributed by atoms with E-state index in [2.05, 4.69) is 11.1 Å². The third-order valence-corrected chi connectivity index (χ3v) is 5.07. The molecular formula is C23H24ClN3O3. The molecule has 2 heterocycles. The third-order valence-electron chi connectivity index (χ3n) is 4.77. The SMILES string of the molecule is CC1=C(C(=O)OC(C)(C)C)[C@@H](c2cc3cc(C)cc(C)c3nc2Cl)C(C#N)=C(N)O1. The molecule has 0 saturated heterocycles. The van der Waals surface area contributed by atoms with E-state index in [1.54, 1.807) is 27.7 Å². The Kier molecular flexibility index (Phi) is 5.53. The fraction of sp³-hybridized carbons (Fsp3) is 0.348. The average Bonchev–Trinajstić information content (AvgIpc) is 2.59. The predicted octanol–water partition coefficient (Wildman–Crippen LogP) is 4.93. The van der Waals surface area contributed by atoms with Crippen LogP contribution in [0, 0.1) is 25.2 Å². The number of pyridine rings is 1. The van der Waals surface area contributed by atoms with Crippen LogP contribution in [0.25, 0.3) is 10.9 Å². The van der Waals surface area contributed by atoms with Gasteiger partial charge < -0.3 is 15.2 Å². The standard InChI is InChI=1S/C23H24ClN3O3/c1-11-7-12(2)19-14(8-11)9-15(20(24)27-19)18-16(10-25)21(26)29-13(3)17(18)22(28)30-23(4,5)6/h7-9,18H,26H2,1-6H3/t18-/m0/s1. The highest BCUT2D eigenvalue weighted by molar-refractivity contribution is 6.31. The van der Waals surface area contributed by atoms with Crippen molar-refractivity contribution in [1.82, 2.24) is 4.98 Å². The summed E-state index contributed by atoms with van der Waals surface area (Å²) < 4.78 is 11.1. The van der Waals surface area contributed by atoms with E-state index in [9.17, 15) is 10.1 Å². The van der Waals surface area contributed by atoms with E-state index < -0.39 is 17.5 Å². The molecule has 0 unspecified atom stereocenters. The van der Waals surface area contributed by atoms with Gasteiger partial charge in [0.25, 0.3) is 0 Å². The fourth-order valence-corrected chi connectivity index (χ4v) is 3.89. The molecule has 0 bridgehead atoms. The van der Waals surface area contributed by atoms with Crippen molar-refractivity contribution in [3.63, 3.8) is 0 Å². The molecule has 0 fully saturated rings. The van der Waals surface area contributed by atoms with E-state index in [0.29, 0.717) is 5.56 Å². The summed E-state index contributed by atoms with van der Waals surface area (Å²) >= 11 is 6.57. The second-order valence-corrected chi connectivity index (χ2v) is 8.78. The van der Waals surface area contributed by atoms with Crippen LogP contribution in [0.2, 0.25) is 5.15 Å². The quantitative estimate of drug-likeness (QED) is 0.541. The van der Waals surface area contributed by atoms with Crippen LogP contribution in [0.1, 0.15) is 50.3 Å². The minimum Gasteiger partial charge on any atom is -0.456 e. The number of ether oxygens (including phenoxy) is 2. The number of fused-ring (bicyclic) bond motifs is 1. The van der Waals surface area contributed by atoms with Crippen molar-refractivity contribution in [3.05, 3.63) is 62.8 Å². The first-order valence-corrected chi connectivity index (χ1v) is 9.90. The molecule has 0 spiro atoms. The monoisotopic (exact) mass is 425 g/mol. The molecule has 0 radical (unpaired) electrons. The summed E-state index contributed by atoms with van der Waals surface area (Å²) in [5.74, 6) is -1.24. The number of nitriles is 1. The lowest BCUT2D eigenvalue weighted by Crippen LogP contribution is -2.30. The van der Waals surface area contributed by atoms with Gasteiger partial charge in [-0.05, 0) is 59.2 Å². The van der Waals surface area contributed by atoms with Crippen molar-refractivity contribution in [2.24, 2.45) is 5.73 Å². The van der Waals surface area contributed by atoms with E-state index in [4.69, 9.17) is 26.8 Å². The zero-order chi connectivity index (χ0) is 22.4. The molecular weight excluding hydrogens is 402 g/mol. The van der Waals surface area contributed by atoms with Crippen LogP contribution >= 0.6 is 11.6 Å². The molecule has 0 aliphatic carbocycles. The van der Waals surface area contributed by atoms with E-state index in [1.165, 1.54) is 0 Å². The number of hydrogen-bond acceptors (Lipinski definition) is 6. The maximum atomic E-state index is 13.1. The van der Waals surface area contributed by atoms with Gasteiger partial charge in [0.1, 0.15) is 28.2 Å². The zero-order valence-electron chi connectivity index (χ0n) is 17.9. The molecule has 1 aliphatic heterocycles. The van der Waals surface area contributed by atoms with Gasteiger partial charge in [-0.1, -0.05) is 23.2 Å². The highest BCUT2D eigenvalue weighted by atomic mass is 35.5. The van der Waals surface area contributed by atoms with Crippen LogP contribution < -0.4 is 5.73 Å². The number of rotatable bonds is 2. The minimum atomic E-state index is -0.844. The number of nitrogens with zero attached hydrogens (tertiary/aromatic N) is 2. The van der Waals surface area contributed by atoms with Gasteiger partial charge in [-0.2, -0.15) is 5.26 Å². The van der Waals surface area contributed by atoms with Crippen LogP contribution in [-0.2, 0) is 14.3 Å². The number of nitrogens with two attached hydrogens (primary N) is 1. The van der Waals surface area contributed by atoms with Crippen LogP contribution in [0.5, 0.6) is 0 Å². The number of carbonyl (C=O) groups is 1. The Labute approximate surface area is 180 Å². The smallest absolute Gasteiger partial charge is 0.338 e. The van der Waals surface area contributed by atoms with Gasteiger partial charge in [0.15, 0.2) is 0 Å². The lowest BCUT2D eigenvalue weighted by Gasteiger charge is -2.29. The summed E-state index contributed by atoms with van der Waals surface area (Å²) in [6.45, 7) is 10.9. The molecule has 0 amide bonds. The van der Waals surface area contributed by atoms with Crippen LogP contribution in [0.15, 0.2) is 41.0 Å². The molecule has 156 valence electrons. The van der Waals surface area contributed by atoms with Crippen molar-refractivity contribution >= 4 is 28.5 Å². The average molecular weight is 426 g/mol. The molecule has 2 aromatic rings. The summed E-state index contributed by atoms with van der Waals surface area (Å²) in [7, 11) is 0. The number of hydrogen-bond donors (Lipinski definition) is 1. The maximum absolute atomic E-state index is 13.1. The van der Waals surface area contributed by atoms with Gasteiger partial charge in [-0.15, -0.1) is 0 Å². The Bertz CT molecular complexity index is 1170.